The molecule has 0 saturated carbocycles. The van der Waals surface area contributed by atoms with E-state index in [-0.39, 0.29) is 10.5 Å². The molecule has 36 heavy (non-hydrogen) atoms. The van der Waals surface area contributed by atoms with Gasteiger partial charge in [0.05, 0.1) is 32.0 Å². The third kappa shape index (κ3) is 5.21. The number of anilines is 1. The summed E-state index contributed by atoms with van der Waals surface area (Å²) in [4.78, 5) is 25.8. The highest BCUT2D eigenvalue weighted by molar-refractivity contribution is 7.91. The first-order valence-electron chi connectivity index (χ1n) is 11.3. The lowest BCUT2D eigenvalue weighted by molar-refractivity contribution is -0.118. The zero-order chi connectivity index (χ0) is 25.9. The monoisotopic (exact) mass is 509 g/mol. The number of sulfone groups is 1. The Morgan fingerprint density at radius 3 is 2.19 bits per heavy atom. The SMILES string of the molecule is COc1ccc2c(c1)C(=O)C(C(=O)Nc1ccc(CCc3ccc(OC)c(OC)c3)cc1)CS2(=O)=O. The quantitative estimate of drug-likeness (QED) is 0.461. The van der Waals surface area contributed by atoms with Crippen LogP contribution in [0, 0.1) is 5.92 Å². The molecule has 1 aliphatic rings. The van der Waals surface area contributed by atoms with Gasteiger partial charge in [-0.05, 0) is 66.4 Å². The number of hydrogen-bond acceptors (Lipinski definition) is 7. The molecule has 1 aliphatic heterocycles. The van der Waals surface area contributed by atoms with Gasteiger partial charge in [-0.25, -0.2) is 8.42 Å². The molecule has 0 radical (unpaired) electrons. The second-order valence-electron chi connectivity index (χ2n) is 8.44. The number of methoxy groups -OCH3 is 3. The van der Waals surface area contributed by atoms with Gasteiger partial charge >= 0.3 is 0 Å². The van der Waals surface area contributed by atoms with E-state index in [0.717, 1.165) is 24.0 Å². The number of benzene rings is 3. The van der Waals surface area contributed by atoms with Crippen LogP contribution in [0.15, 0.2) is 65.6 Å². The van der Waals surface area contributed by atoms with Gasteiger partial charge in [-0.3, -0.25) is 9.59 Å². The Morgan fingerprint density at radius 2 is 1.53 bits per heavy atom. The van der Waals surface area contributed by atoms with E-state index in [1.165, 1.54) is 25.3 Å². The maximum Gasteiger partial charge on any atom is 0.236 e. The van der Waals surface area contributed by atoms with Crippen molar-refractivity contribution in [1.29, 1.82) is 0 Å². The minimum atomic E-state index is -3.79. The van der Waals surface area contributed by atoms with Gasteiger partial charge in [-0.15, -0.1) is 0 Å². The minimum absolute atomic E-state index is 0.0220. The van der Waals surface area contributed by atoms with Gasteiger partial charge in [0.1, 0.15) is 11.7 Å². The Hall–Kier alpha value is -3.85. The number of aryl methyl sites for hydroxylation is 2. The molecule has 0 aromatic heterocycles. The van der Waals surface area contributed by atoms with Gasteiger partial charge in [0, 0.05) is 11.3 Å². The molecule has 0 fully saturated rings. The van der Waals surface area contributed by atoms with Crippen molar-refractivity contribution in [3.8, 4) is 17.2 Å². The molecule has 1 atom stereocenters. The van der Waals surface area contributed by atoms with Crippen LogP contribution in [-0.4, -0.2) is 47.2 Å². The predicted octanol–water partition coefficient (Wildman–Crippen LogP) is 3.72. The van der Waals surface area contributed by atoms with Crippen LogP contribution in [-0.2, 0) is 27.5 Å². The highest BCUT2D eigenvalue weighted by atomic mass is 32.2. The summed E-state index contributed by atoms with van der Waals surface area (Å²) in [5.41, 5.74) is 2.61. The molecule has 0 aliphatic carbocycles. The maximum absolute atomic E-state index is 13.0. The molecule has 1 heterocycles. The van der Waals surface area contributed by atoms with Gasteiger partial charge in [0.15, 0.2) is 27.1 Å². The summed E-state index contributed by atoms with van der Waals surface area (Å²) >= 11 is 0. The molecule has 0 saturated heterocycles. The van der Waals surface area contributed by atoms with Crippen LogP contribution in [0.4, 0.5) is 5.69 Å². The van der Waals surface area contributed by atoms with Crippen LogP contribution in [0.3, 0.4) is 0 Å². The maximum atomic E-state index is 13.0. The molecule has 0 spiro atoms. The second-order valence-corrected chi connectivity index (χ2v) is 10.4. The largest absolute Gasteiger partial charge is 0.497 e. The lowest BCUT2D eigenvalue weighted by atomic mass is 9.97. The second kappa shape index (κ2) is 10.4. The molecule has 8 nitrogen and oxygen atoms in total. The number of Topliss-reactive ketones (excluding diaryl/α,β-unsaturated/α-hetero) is 1. The highest BCUT2D eigenvalue weighted by Crippen LogP contribution is 2.32. The summed E-state index contributed by atoms with van der Waals surface area (Å²) in [6.45, 7) is 0. The minimum Gasteiger partial charge on any atom is -0.497 e. The zero-order valence-corrected chi connectivity index (χ0v) is 21.1. The summed E-state index contributed by atoms with van der Waals surface area (Å²) in [6.07, 6.45) is 1.55. The molecular weight excluding hydrogens is 482 g/mol. The van der Waals surface area contributed by atoms with E-state index in [9.17, 15) is 18.0 Å². The van der Waals surface area contributed by atoms with E-state index in [0.29, 0.717) is 22.9 Å². The Labute approximate surface area is 210 Å². The number of nitrogens with one attached hydrogen (secondary N) is 1. The van der Waals surface area contributed by atoms with Crippen molar-refractivity contribution >= 4 is 27.2 Å². The fourth-order valence-electron chi connectivity index (χ4n) is 4.18. The molecule has 1 N–H and O–H groups in total. The third-order valence-corrected chi connectivity index (χ3v) is 7.98. The number of amides is 1. The van der Waals surface area contributed by atoms with Gasteiger partial charge in [0.2, 0.25) is 5.91 Å². The van der Waals surface area contributed by atoms with Crippen molar-refractivity contribution in [3.63, 3.8) is 0 Å². The van der Waals surface area contributed by atoms with E-state index in [1.807, 2.05) is 30.3 Å². The van der Waals surface area contributed by atoms with Crippen LogP contribution < -0.4 is 19.5 Å². The molecule has 4 rings (SSSR count). The Morgan fingerprint density at radius 1 is 0.861 bits per heavy atom. The average molecular weight is 510 g/mol. The van der Waals surface area contributed by atoms with Crippen molar-refractivity contribution in [3.05, 3.63) is 77.4 Å². The Balaban J connectivity index is 1.42. The van der Waals surface area contributed by atoms with Gasteiger partial charge in [0.25, 0.3) is 0 Å². The van der Waals surface area contributed by atoms with Crippen molar-refractivity contribution < 1.29 is 32.2 Å². The van der Waals surface area contributed by atoms with Crippen LogP contribution in [0.1, 0.15) is 21.5 Å². The fraction of sp³-hybridized carbons (Fsp3) is 0.259. The number of fused-ring (bicyclic) bond motifs is 1. The van der Waals surface area contributed by atoms with E-state index < -0.39 is 33.2 Å². The normalized spacial score (nSPS) is 16.1. The Kier molecular flexibility index (Phi) is 7.30. The van der Waals surface area contributed by atoms with Gasteiger partial charge in [-0.2, -0.15) is 0 Å². The Bertz CT molecular complexity index is 1400. The predicted molar refractivity (Wildman–Crippen MR) is 135 cm³/mol. The molecular formula is C27H27NO7S. The van der Waals surface area contributed by atoms with Crippen molar-refractivity contribution in [2.24, 2.45) is 5.92 Å². The highest BCUT2D eigenvalue weighted by Gasteiger charge is 2.41. The van der Waals surface area contributed by atoms with Gasteiger partial charge in [-0.1, -0.05) is 18.2 Å². The first-order valence-corrected chi connectivity index (χ1v) is 13.0. The van der Waals surface area contributed by atoms with Crippen molar-refractivity contribution in [2.45, 2.75) is 17.7 Å². The van der Waals surface area contributed by atoms with Crippen molar-refractivity contribution in [2.75, 3.05) is 32.4 Å². The summed E-state index contributed by atoms with van der Waals surface area (Å²) < 4.78 is 41.1. The number of carbonyl (C=O) groups is 2. The number of ether oxygens (including phenoxy) is 3. The first kappa shape index (κ1) is 25.2. The van der Waals surface area contributed by atoms with E-state index in [2.05, 4.69) is 5.32 Å². The van der Waals surface area contributed by atoms with Gasteiger partial charge < -0.3 is 19.5 Å². The number of carbonyl (C=O) groups excluding carboxylic acids is 2. The van der Waals surface area contributed by atoms with E-state index in [4.69, 9.17) is 14.2 Å². The van der Waals surface area contributed by atoms with Crippen molar-refractivity contribution in [1.82, 2.24) is 0 Å². The van der Waals surface area contributed by atoms with E-state index in [1.54, 1.807) is 26.4 Å². The fourth-order valence-corrected chi connectivity index (χ4v) is 5.87. The third-order valence-electron chi connectivity index (χ3n) is 6.18. The van der Waals surface area contributed by atoms with Crippen LogP contribution >= 0.6 is 0 Å². The van der Waals surface area contributed by atoms with Crippen LogP contribution in [0.5, 0.6) is 17.2 Å². The van der Waals surface area contributed by atoms with E-state index >= 15 is 0 Å². The molecule has 3 aromatic carbocycles. The lowest BCUT2D eigenvalue weighted by Gasteiger charge is -2.23. The molecule has 1 unspecified atom stereocenters. The smallest absolute Gasteiger partial charge is 0.236 e. The molecule has 9 heteroatoms. The molecule has 1 amide bonds. The standard InChI is InChI=1S/C27H27NO7S/c1-33-20-11-13-25-21(15-20)26(29)22(16-36(25,31)32)27(30)28-19-9-6-17(7-10-19)4-5-18-8-12-23(34-2)24(14-18)35-3/h6-15,22H,4-5,16H2,1-3H3,(H,28,30). The zero-order valence-electron chi connectivity index (χ0n) is 20.2. The molecule has 3 aromatic rings. The summed E-state index contributed by atoms with van der Waals surface area (Å²) in [6, 6.07) is 17.2. The number of rotatable bonds is 8. The first-order chi connectivity index (χ1) is 17.2. The lowest BCUT2D eigenvalue weighted by Crippen LogP contribution is -2.39. The van der Waals surface area contributed by atoms with Crippen LogP contribution in [0.2, 0.25) is 0 Å². The number of hydrogen-bond donors (Lipinski definition) is 1. The number of ketones is 1. The topological polar surface area (TPSA) is 108 Å². The van der Waals surface area contributed by atoms with Crippen LogP contribution in [0.25, 0.3) is 0 Å². The average Bonchev–Trinajstić information content (AvgIpc) is 2.89. The summed E-state index contributed by atoms with van der Waals surface area (Å²) in [7, 11) is 0.823. The molecule has 0 bridgehead atoms. The molecule has 188 valence electrons. The summed E-state index contributed by atoms with van der Waals surface area (Å²) in [5.74, 6) is -1.40. The summed E-state index contributed by atoms with van der Waals surface area (Å²) in [5, 5.41) is 2.68.